The van der Waals surface area contributed by atoms with Gasteiger partial charge in [-0.05, 0) is 46.0 Å². The molecule has 114 valence electrons. The lowest BCUT2D eigenvalue weighted by atomic mass is 10.0. The van der Waals surface area contributed by atoms with E-state index in [0.29, 0.717) is 19.6 Å². The van der Waals surface area contributed by atoms with E-state index in [0.717, 1.165) is 12.8 Å². The van der Waals surface area contributed by atoms with Gasteiger partial charge in [-0.3, -0.25) is 4.79 Å². The lowest BCUT2D eigenvalue weighted by Crippen LogP contribution is -2.48. The molecule has 2 saturated heterocycles. The van der Waals surface area contributed by atoms with Crippen LogP contribution in [0.25, 0.3) is 0 Å². The summed E-state index contributed by atoms with van der Waals surface area (Å²) in [5.41, 5.74) is -0.522. The molecule has 2 aliphatic rings. The fourth-order valence-corrected chi connectivity index (χ4v) is 2.82. The Morgan fingerprint density at radius 1 is 1.25 bits per heavy atom. The van der Waals surface area contributed by atoms with Crippen LogP contribution in [0.5, 0.6) is 0 Å². The molecular formula is C15H25NO4. The number of amides is 1. The molecule has 2 fully saturated rings. The molecule has 0 radical (unpaired) electrons. The summed E-state index contributed by atoms with van der Waals surface area (Å²) in [5, 5.41) is 0. The van der Waals surface area contributed by atoms with Gasteiger partial charge in [0.05, 0.1) is 0 Å². The van der Waals surface area contributed by atoms with Gasteiger partial charge in [-0.1, -0.05) is 6.92 Å². The van der Waals surface area contributed by atoms with Gasteiger partial charge in [0.1, 0.15) is 17.7 Å². The number of ether oxygens (including phenoxy) is 2. The third-order valence-electron chi connectivity index (χ3n) is 3.85. The average Bonchev–Trinajstić information content (AvgIpc) is 2.93. The Morgan fingerprint density at radius 3 is 2.50 bits per heavy atom. The quantitative estimate of drug-likeness (QED) is 0.724. The number of nitrogens with zero attached hydrogens (tertiary/aromatic N) is 1. The van der Waals surface area contributed by atoms with Crippen molar-refractivity contribution in [2.24, 2.45) is 5.92 Å². The second kappa shape index (κ2) is 5.72. The van der Waals surface area contributed by atoms with Crippen LogP contribution < -0.4 is 0 Å². The zero-order chi connectivity index (χ0) is 14.9. The van der Waals surface area contributed by atoms with Crippen LogP contribution in [0.2, 0.25) is 0 Å². The Bertz CT molecular complexity index is 388. The minimum Gasteiger partial charge on any atom is -0.458 e. The average molecular weight is 283 g/mol. The van der Waals surface area contributed by atoms with E-state index in [9.17, 15) is 9.59 Å². The number of carbonyl (C=O) groups is 2. The summed E-state index contributed by atoms with van der Waals surface area (Å²) in [6, 6.07) is -0.446. The highest BCUT2D eigenvalue weighted by atomic mass is 16.6. The van der Waals surface area contributed by atoms with E-state index in [4.69, 9.17) is 9.47 Å². The molecule has 5 heteroatoms. The zero-order valence-corrected chi connectivity index (χ0v) is 12.8. The van der Waals surface area contributed by atoms with Crippen LogP contribution in [0.15, 0.2) is 0 Å². The van der Waals surface area contributed by atoms with Crippen molar-refractivity contribution in [2.75, 3.05) is 13.2 Å². The van der Waals surface area contributed by atoms with E-state index in [1.807, 2.05) is 27.7 Å². The van der Waals surface area contributed by atoms with Gasteiger partial charge in [-0.2, -0.15) is 0 Å². The maximum atomic E-state index is 12.5. The molecule has 1 amide bonds. The van der Waals surface area contributed by atoms with Gasteiger partial charge < -0.3 is 14.4 Å². The Kier molecular flexibility index (Phi) is 4.37. The Balaban J connectivity index is 2.03. The molecule has 0 aromatic carbocycles. The molecule has 3 atom stereocenters. The van der Waals surface area contributed by atoms with Crippen LogP contribution in [-0.4, -0.2) is 47.7 Å². The van der Waals surface area contributed by atoms with Gasteiger partial charge in [-0.15, -0.1) is 0 Å². The van der Waals surface area contributed by atoms with E-state index >= 15 is 0 Å². The summed E-state index contributed by atoms with van der Waals surface area (Å²) in [6.45, 7) is 8.79. The number of esters is 1. The summed E-state index contributed by atoms with van der Waals surface area (Å²) in [4.78, 5) is 26.4. The van der Waals surface area contributed by atoms with Crippen molar-refractivity contribution in [1.82, 2.24) is 4.90 Å². The first-order valence-electron chi connectivity index (χ1n) is 7.44. The third kappa shape index (κ3) is 3.32. The maximum absolute atomic E-state index is 12.5. The van der Waals surface area contributed by atoms with Crippen molar-refractivity contribution < 1.29 is 19.1 Å². The van der Waals surface area contributed by atoms with Gasteiger partial charge >= 0.3 is 5.97 Å². The predicted molar refractivity (Wildman–Crippen MR) is 74.1 cm³/mol. The van der Waals surface area contributed by atoms with Crippen molar-refractivity contribution in [2.45, 2.75) is 64.7 Å². The smallest absolute Gasteiger partial charge is 0.329 e. The van der Waals surface area contributed by atoms with Crippen molar-refractivity contribution in [1.29, 1.82) is 0 Å². The summed E-state index contributed by atoms with van der Waals surface area (Å²) >= 11 is 0. The Labute approximate surface area is 120 Å². The highest BCUT2D eigenvalue weighted by Gasteiger charge is 2.42. The van der Waals surface area contributed by atoms with Gasteiger partial charge in [0.15, 0.2) is 0 Å². The lowest BCUT2D eigenvalue weighted by Gasteiger charge is -2.29. The molecule has 2 unspecified atom stereocenters. The molecule has 5 nitrogen and oxygen atoms in total. The maximum Gasteiger partial charge on any atom is 0.329 e. The Hall–Kier alpha value is -1.10. The first-order chi connectivity index (χ1) is 9.29. The molecule has 0 spiro atoms. The number of carbonyl (C=O) groups excluding carboxylic acids is 2. The predicted octanol–water partition coefficient (Wildman–Crippen LogP) is 1.74. The summed E-state index contributed by atoms with van der Waals surface area (Å²) in [6.07, 6.45) is 2.04. The molecule has 0 saturated carbocycles. The van der Waals surface area contributed by atoms with Crippen molar-refractivity contribution in [3.05, 3.63) is 0 Å². The number of likely N-dealkylation sites (tertiary alicyclic amines) is 1. The van der Waals surface area contributed by atoms with Crippen LogP contribution in [-0.2, 0) is 19.1 Å². The minimum absolute atomic E-state index is 0.0524. The van der Waals surface area contributed by atoms with Crippen LogP contribution >= 0.6 is 0 Å². The largest absolute Gasteiger partial charge is 0.458 e. The highest BCUT2D eigenvalue weighted by Crippen LogP contribution is 2.27. The van der Waals surface area contributed by atoms with E-state index in [1.165, 1.54) is 0 Å². The molecule has 0 N–H and O–H groups in total. The standard InChI is InChI=1S/C15H25NO4/c1-10-7-9-19-12(10)13(17)16-8-5-6-11(16)14(18)20-15(2,3)4/h10-12H,5-9H2,1-4H3/t10?,11-,12?/m1/s1. The fourth-order valence-electron chi connectivity index (χ4n) is 2.82. The molecule has 0 bridgehead atoms. The molecule has 0 aromatic rings. The van der Waals surface area contributed by atoms with Gasteiger partial charge in [0, 0.05) is 13.2 Å². The summed E-state index contributed by atoms with van der Waals surface area (Å²) in [7, 11) is 0. The van der Waals surface area contributed by atoms with Crippen molar-refractivity contribution in [3.8, 4) is 0 Å². The number of rotatable bonds is 2. The van der Waals surface area contributed by atoms with Crippen molar-refractivity contribution >= 4 is 11.9 Å². The van der Waals surface area contributed by atoms with Crippen LogP contribution in [0.1, 0.15) is 47.0 Å². The van der Waals surface area contributed by atoms with Crippen LogP contribution in [0.3, 0.4) is 0 Å². The van der Waals surface area contributed by atoms with Crippen LogP contribution in [0, 0.1) is 5.92 Å². The second-order valence-electron chi connectivity index (χ2n) is 6.78. The second-order valence-corrected chi connectivity index (χ2v) is 6.78. The monoisotopic (exact) mass is 283 g/mol. The highest BCUT2D eigenvalue weighted by molar-refractivity contribution is 5.88. The topological polar surface area (TPSA) is 55.8 Å². The number of hydrogen-bond acceptors (Lipinski definition) is 4. The normalized spacial score (nSPS) is 30.6. The van der Waals surface area contributed by atoms with E-state index < -0.39 is 17.7 Å². The summed E-state index contributed by atoms with van der Waals surface area (Å²) < 4.78 is 10.9. The summed E-state index contributed by atoms with van der Waals surface area (Å²) in [5.74, 6) is -0.125. The lowest BCUT2D eigenvalue weighted by molar-refractivity contribution is -0.165. The minimum atomic E-state index is -0.522. The molecule has 2 aliphatic heterocycles. The molecular weight excluding hydrogens is 258 g/mol. The molecule has 0 aliphatic carbocycles. The van der Waals surface area contributed by atoms with Crippen molar-refractivity contribution in [3.63, 3.8) is 0 Å². The first kappa shape index (κ1) is 15.3. The van der Waals surface area contributed by atoms with E-state index in [2.05, 4.69) is 0 Å². The van der Waals surface area contributed by atoms with E-state index in [1.54, 1.807) is 4.90 Å². The zero-order valence-electron chi connectivity index (χ0n) is 12.8. The van der Waals surface area contributed by atoms with Gasteiger partial charge in [0.25, 0.3) is 5.91 Å². The molecule has 20 heavy (non-hydrogen) atoms. The fraction of sp³-hybridized carbons (Fsp3) is 0.867. The van der Waals surface area contributed by atoms with Crippen LogP contribution in [0.4, 0.5) is 0 Å². The first-order valence-corrected chi connectivity index (χ1v) is 7.44. The number of hydrogen-bond donors (Lipinski definition) is 0. The van der Waals surface area contributed by atoms with E-state index in [-0.39, 0.29) is 17.8 Å². The Morgan fingerprint density at radius 2 is 1.95 bits per heavy atom. The molecule has 2 rings (SSSR count). The van der Waals surface area contributed by atoms with Gasteiger partial charge in [0.2, 0.25) is 0 Å². The third-order valence-corrected chi connectivity index (χ3v) is 3.85. The van der Waals surface area contributed by atoms with Gasteiger partial charge in [-0.25, -0.2) is 4.79 Å². The molecule has 2 heterocycles. The molecule has 0 aromatic heterocycles. The SMILES string of the molecule is CC1CCOC1C(=O)N1CCC[C@@H]1C(=O)OC(C)(C)C.